The van der Waals surface area contributed by atoms with Crippen LogP contribution in [0.15, 0.2) is 54.8 Å². The Hall–Kier alpha value is -4.07. The van der Waals surface area contributed by atoms with Crippen molar-refractivity contribution in [3.8, 4) is 11.5 Å². The van der Waals surface area contributed by atoms with Crippen molar-refractivity contribution in [2.75, 3.05) is 13.2 Å². The number of urea groups is 1. The van der Waals surface area contributed by atoms with Crippen molar-refractivity contribution in [3.05, 3.63) is 77.0 Å². The standard InChI is InChI=1S/C26H28N2O6/c1-4-7-20-13-18(14-21-24(29)28(12-5-2)26(32)27-21)15-22(33-6-3)23(20)34-16-17-8-10-19(11-9-17)25(30)31/h4,8-11,13-15H,1,5-7,12,16H2,2-3H3,(H,27,32)(H,30,31)/b21-14+. The Labute approximate surface area is 198 Å². The fourth-order valence-corrected chi connectivity index (χ4v) is 3.56. The Balaban J connectivity index is 1.91. The number of nitrogens with zero attached hydrogens (tertiary/aromatic N) is 1. The van der Waals surface area contributed by atoms with Gasteiger partial charge in [-0.15, -0.1) is 6.58 Å². The van der Waals surface area contributed by atoms with Crippen molar-refractivity contribution in [2.24, 2.45) is 0 Å². The molecule has 0 spiro atoms. The fourth-order valence-electron chi connectivity index (χ4n) is 3.56. The van der Waals surface area contributed by atoms with Gasteiger partial charge >= 0.3 is 12.0 Å². The predicted octanol–water partition coefficient (Wildman–Crippen LogP) is 4.39. The normalized spacial score (nSPS) is 14.3. The van der Waals surface area contributed by atoms with E-state index in [1.165, 1.54) is 17.0 Å². The quantitative estimate of drug-likeness (QED) is 0.290. The van der Waals surface area contributed by atoms with Crippen LogP contribution < -0.4 is 14.8 Å². The van der Waals surface area contributed by atoms with Gasteiger partial charge in [-0.25, -0.2) is 9.59 Å². The second-order valence-electron chi connectivity index (χ2n) is 7.67. The SMILES string of the molecule is C=CCc1cc(/C=C2/NC(=O)N(CCC)C2=O)cc(OCC)c1OCc1ccc(C(=O)O)cc1. The van der Waals surface area contributed by atoms with Crippen LogP contribution in [0.2, 0.25) is 0 Å². The minimum atomic E-state index is -0.987. The van der Waals surface area contributed by atoms with Crippen LogP contribution in [0.4, 0.5) is 4.79 Å². The van der Waals surface area contributed by atoms with Crippen LogP contribution in [-0.4, -0.2) is 41.1 Å². The van der Waals surface area contributed by atoms with Crippen molar-refractivity contribution in [2.45, 2.75) is 33.3 Å². The fraction of sp³-hybridized carbons (Fsp3) is 0.269. The molecule has 0 aromatic heterocycles. The average molecular weight is 465 g/mol. The number of allylic oxidation sites excluding steroid dienone is 1. The van der Waals surface area contributed by atoms with Crippen molar-refractivity contribution in [3.63, 3.8) is 0 Å². The zero-order chi connectivity index (χ0) is 24.7. The maximum Gasteiger partial charge on any atom is 0.335 e. The molecule has 178 valence electrons. The van der Waals surface area contributed by atoms with Gasteiger partial charge in [-0.1, -0.05) is 25.1 Å². The number of hydrogen-bond donors (Lipinski definition) is 2. The Morgan fingerprint density at radius 1 is 1.15 bits per heavy atom. The molecule has 2 aromatic rings. The first-order valence-corrected chi connectivity index (χ1v) is 11.1. The van der Waals surface area contributed by atoms with E-state index in [1.807, 2.05) is 19.9 Å². The first kappa shape index (κ1) is 24.6. The van der Waals surface area contributed by atoms with Crippen LogP contribution >= 0.6 is 0 Å². The van der Waals surface area contributed by atoms with Crippen LogP contribution in [-0.2, 0) is 17.8 Å². The third-order valence-corrected chi connectivity index (χ3v) is 5.12. The molecule has 34 heavy (non-hydrogen) atoms. The number of hydrogen-bond acceptors (Lipinski definition) is 5. The lowest BCUT2D eigenvalue weighted by atomic mass is 10.0. The van der Waals surface area contributed by atoms with Crippen molar-refractivity contribution >= 4 is 24.0 Å². The van der Waals surface area contributed by atoms with E-state index >= 15 is 0 Å². The third-order valence-electron chi connectivity index (χ3n) is 5.12. The second kappa shape index (κ2) is 11.2. The van der Waals surface area contributed by atoms with E-state index in [0.29, 0.717) is 43.1 Å². The number of nitrogens with one attached hydrogen (secondary N) is 1. The molecule has 3 rings (SSSR count). The smallest absolute Gasteiger partial charge is 0.335 e. The molecule has 2 N–H and O–H groups in total. The molecule has 1 heterocycles. The predicted molar refractivity (Wildman–Crippen MR) is 128 cm³/mol. The summed E-state index contributed by atoms with van der Waals surface area (Å²) in [5, 5.41) is 11.7. The first-order chi connectivity index (χ1) is 16.4. The van der Waals surface area contributed by atoms with Crippen LogP contribution in [0, 0.1) is 0 Å². The molecule has 3 amide bonds. The molecular formula is C26H28N2O6. The molecule has 0 radical (unpaired) electrons. The van der Waals surface area contributed by atoms with Gasteiger partial charge in [0.05, 0.1) is 12.2 Å². The summed E-state index contributed by atoms with van der Waals surface area (Å²) < 4.78 is 11.9. The highest BCUT2D eigenvalue weighted by atomic mass is 16.5. The van der Waals surface area contributed by atoms with Crippen LogP contribution in [0.5, 0.6) is 11.5 Å². The number of ether oxygens (including phenoxy) is 2. The molecule has 0 aliphatic carbocycles. The van der Waals surface area contributed by atoms with E-state index in [2.05, 4.69) is 11.9 Å². The van der Waals surface area contributed by atoms with Gasteiger partial charge in [-0.05, 0) is 61.2 Å². The third kappa shape index (κ3) is 5.64. The summed E-state index contributed by atoms with van der Waals surface area (Å²) in [5.74, 6) is -0.308. The minimum Gasteiger partial charge on any atom is -0.490 e. The van der Waals surface area contributed by atoms with Crippen molar-refractivity contribution < 1.29 is 29.0 Å². The van der Waals surface area contributed by atoms with E-state index < -0.39 is 12.0 Å². The van der Waals surface area contributed by atoms with E-state index in [-0.39, 0.29) is 23.8 Å². The molecule has 0 bridgehead atoms. The summed E-state index contributed by atoms with van der Waals surface area (Å²) in [7, 11) is 0. The highest BCUT2D eigenvalue weighted by molar-refractivity contribution is 6.14. The highest BCUT2D eigenvalue weighted by Crippen LogP contribution is 2.35. The lowest BCUT2D eigenvalue weighted by molar-refractivity contribution is -0.122. The largest absolute Gasteiger partial charge is 0.490 e. The molecule has 8 heteroatoms. The topological polar surface area (TPSA) is 105 Å². The van der Waals surface area contributed by atoms with E-state index in [1.54, 1.807) is 30.4 Å². The molecule has 1 aliphatic rings. The van der Waals surface area contributed by atoms with Gasteiger partial charge in [0.1, 0.15) is 12.3 Å². The molecule has 2 aromatic carbocycles. The molecule has 1 aliphatic heterocycles. The number of carbonyl (C=O) groups excluding carboxylic acids is 2. The zero-order valence-electron chi connectivity index (χ0n) is 19.3. The number of benzene rings is 2. The maximum atomic E-state index is 12.6. The van der Waals surface area contributed by atoms with Crippen LogP contribution in [0.1, 0.15) is 47.3 Å². The second-order valence-corrected chi connectivity index (χ2v) is 7.67. The summed E-state index contributed by atoms with van der Waals surface area (Å²) in [6.45, 7) is 8.54. The summed E-state index contributed by atoms with van der Waals surface area (Å²) in [5.41, 5.74) is 2.70. The Morgan fingerprint density at radius 3 is 2.50 bits per heavy atom. The Bertz CT molecular complexity index is 1120. The Kier molecular flexibility index (Phi) is 8.08. The van der Waals surface area contributed by atoms with E-state index in [0.717, 1.165) is 11.1 Å². The molecular weight excluding hydrogens is 436 g/mol. The van der Waals surface area contributed by atoms with Crippen molar-refractivity contribution in [1.29, 1.82) is 0 Å². The lowest BCUT2D eigenvalue weighted by Crippen LogP contribution is -2.31. The first-order valence-electron chi connectivity index (χ1n) is 11.1. The number of carboxylic acid groups (broad SMARTS) is 1. The maximum absolute atomic E-state index is 12.6. The van der Waals surface area contributed by atoms with Crippen molar-refractivity contribution in [1.82, 2.24) is 10.2 Å². The summed E-state index contributed by atoms with van der Waals surface area (Å²) >= 11 is 0. The zero-order valence-corrected chi connectivity index (χ0v) is 19.3. The number of rotatable bonds is 11. The number of aromatic carboxylic acids is 1. The monoisotopic (exact) mass is 464 g/mol. The van der Waals surface area contributed by atoms with Crippen LogP contribution in [0.3, 0.4) is 0 Å². The molecule has 0 atom stereocenters. The van der Waals surface area contributed by atoms with Gasteiger partial charge in [0.2, 0.25) is 0 Å². The number of carboxylic acids is 1. The van der Waals surface area contributed by atoms with Gasteiger partial charge in [-0.2, -0.15) is 0 Å². The minimum absolute atomic E-state index is 0.203. The number of carbonyl (C=O) groups is 3. The highest BCUT2D eigenvalue weighted by Gasteiger charge is 2.32. The molecule has 0 saturated carbocycles. The summed E-state index contributed by atoms with van der Waals surface area (Å²) in [4.78, 5) is 36.9. The molecule has 1 saturated heterocycles. The van der Waals surface area contributed by atoms with Gasteiger partial charge in [0.25, 0.3) is 5.91 Å². The summed E-state index contributed by atoms with van der Waals surface area (Å²) in [6, 6.07) is 9.65. The molecule has 1 fully saturated rings. The van der Waals surface area contributed by atoms with Gasteiger partial charge < -0.3 is 19.9 Å². The van der Waals surface area contributed by atoms with Gasteiger partial charge in [-0.3, -0.25) is 9.69 Å². The number of amides is 3. The molecule has 8 nitrogen and oxygen atoms in total. The van der Waals surface area contributed by atoms with Gasteiger partial charge in [0.15, 0.2) is 11.5 Å². The average Bonchev–Trinajstić information content (AvgIpc) is 3.07. The Morgan fingerprint density at radius 2 is 1.88 bits per heavy atom. The van der Waals surface area contributed by atoms with E-state index in [9.17, 15) is 14.4 Å². The summed E-state index contributed by atoms with van der Waals surface area (Å²) in [6.07, 6.45) is 4.53. The van der Waals surface area contributed by atoms with E-state index in [4.69, 9.17) is 14.6 Å². The van der Waals surface area contributed by atoms with Crippen LogP contribution in [0.25, 0.3) is 6.08 Å². The molecule has 0 unspecified atom stereocenters. The lowest BCUT2D eigenvalue weighted by Gasteiger charge is -2.17. The van der Waals surface area contributed by atoms with Gasteiger partial charge in [0, 0.05) is 12.1 Å². The number of imide groups is 1.